The summed E-state index contributed by atoms with van der Waals surface area (Å²) in [5, 5.41) is 7.10. The fraction of sp³-hybridized carbons (Fsp3) is 0.261. The van der Waals surface area contributed by atoms with Crippen molar-refractivity contribution in [1.82, 2.24) is 9.78 Å². The molecule has 30 heavy (non-hydrogen) atoms. The van der Waals surface area contributed by atoms with Crippen molar-refractivity contribution < 1.29 is 13.9 Å². The molecule has 1 heterocycles. The van der Waals surface area contributed by atoms with Gasteiger partial charge < -0.3 is 10.1 Å². The van der Waals surface area contributed by atoms with Crippen molar-refractivity contribution in [2.24, 2.45) is 0 Å². The van der Waals surface area contributed by atoms with E-state index in [1.807, 2.05) is 12.1 Å². The summed E-state index contributed by atoms with van der Waals surface area (Å²) in [6.07, 6.45) is 3.43. The van der Waals surface area contributed by atoms with Gasteiger partial charge in [0.1, 0.15) is 5.82 Å². The predicted octanol–water partition coefficient (Wildman–Crippen LogP) is 3.66. The van der Waals surface area contributed by atoms with E-state index in [1.165, 1.54) is 53.9 Å². The molecule has 1 aliphatic rings. The van der Waals surface area contributed by atoms with Crippen LogP contribution in [0.1, 0.15) is 30.9 Å². The molecule has 0 radical (unpaired) electrons. The van der Waals surface area contributed by atoms with E-state index in [0.717, 1.165) is 29.6 Å². The van der Waals surface area contributed by atoms with Gasteiger partial charge in [0.2, 0.25) is 5.88 Å². The minimum absolute atomic E-state index is 0.122. The Labute approximate surface area is 173 Å². The van der Waals surface area contributed by atoms with Gasteiger partial charge in [0.15, 0.2) is 6.10 Å². The van der Waals surface area contributed by atoms with Gasteiger partial charge in [-0.1, -0.05) is 12.1 Å². The summed E-state index contributed by atoms with van der Waals surface area (Å²) in [7, 11) is 0. The number of ether oxygens (including phenoxy) is 1. The predicted molar refractivity (Wildman–Crippen MR) is 112 cm³/mol. The summed E-state index contributed by atoms with van der Waals surface area (Å²) in [5.41, 5.74) is 3.30. The maximum atomic E-state index is 13.2. The van der Waals surface area contributed by atoms with E-state index in [-0.39, 0.29) is 17.3 Å². The lowest BCUT2D eigenvalue weighted by atomic mass is 9.90. The van der Waals surface area contributed by atoms with Crippen LogP contribution < -0.4 is 15.6 Å². The number of aromatic nitrogens is 2. The maximum Gasteiger partial charge on any atom is 0.271 e. The van der Waals surface area contributed by atoms with Crippen molar-refractivity contribution >= 4 is 11.6 Å². The first-order valence-corrected chi connectivity index (χ1v) is 9.96. The molecular formula is C23H22FN3O3. The summed E-state index contributed by atoms with van der Waals surface area (Å²) >= 11 is 0. The summed E-state index contributed by atoms with van der Waals surface area (Å²) < 4.78 is 19.9. The summed E-state index contributed by atoms with van der Waals surface area (Å²) in [6, 6.07) is 14.0. The van der Waals surface area contributed by atoms with E-state index in [1.54, 1.807) is 6.92 Å². The van der Waals surface area contributed by atoms with Crippen LogP contribution in [-0.4, -0.2) is 21.8 Å². The molecule has 3 aromatic rings. The molecule has 2 aromatic carbocycles. The molecule has 0 unspecified atom stereocenters. The van der Waals surface area contributed by atoms with Crippen LogP contribution >= 0.6 is 0 Å². The third-order valence-corrected chi connectivity index (χ3v) is 5.17. The van der Waals surface area contributed by atoms with Crippen molar-refractivity contribution in [3.8, 4) is 11.6 Å². The van der Waals surface area contributed by atoms with E-state index in [2.05, 4.69) is 16.5 Å². The molecule has 0 bridgehead atoms. The topological polar surface area (TPSA) is 73.2 Å². The van der Waals surface area contributed by atoms with E-state index in [4.69, 9.17) is 4.74 Å². The number of aryl methyl sites for hydroxylation is 1. The number of fused-ring (bicyclic) bond motifs is 1. The number of nitrogens with one attached hydrogen (secondary N) is 1. The SMILES string of the molecule is C[C@@H](Oc1ccc(=O)n(-c2ccc(F)cc2)n1)C(=O)Nc1cccc2c1CCCC2. The van der Waals surface area contributed by atoms with E-state index in [0.29, 0.717) is 5.69 Å². The minimum atomic E-state index is -0.823. The number of carbonyl (C=O) groups is 1. The lowest BCUT2D eigenvalue weighted by molar-refractivity contribution is -0.122. The van der Waals surface area contributed by atoms with Gasteiger partial charge in [-0.15, -0.1) is 5.10 Å². The molecular weight excluding hydrogens is 385 g/mol. The minimum Gasteiger partial charge on any atom is -0.463 e. The van der Waals surface area contributed by atoms with Gasteiger partial charge in [-0.2, -0.15) is 4.68 Å². The lowest BCUT2D eigenvalue weighted by Gasteiger charge is -2.21. The highest BCUT2D eigenvalue weighted by Crippen LogP contribution is 2.28. The molecule has 0 saturated carbocycles. The summed E-state index contributed by atoms with van der Waals surface area (Å²) in [6.45, 7) is 1.62. The number of benzene rings is 2. The summed E-state index contributed by atoms with van der Waals surface area (Å²) in [5.74, 6) is -0.584. The van der Waals surface area contributed by atoms with Gasteiger partial charge >= 0.3 is 0 Å². The normalized spacial score (nSPS) is 13.9. The molecule has 1 N–H and O–H groups in total. The first-order chi connectivity index (χ1) is 14.5. The first kappa shape index (κ1) is 19.8. The molecule has 7 heteroatoms. The van der Waals surface area contributed by atoms with Crippen molar-refractivity contribution in [3.63, 3.8) is 0 Å². The van der Waals surface area contributed by atoms with Crippen molar-refractivity contribution in [1.29, 1.82) is 0 Å². The third-order valence-electron chi connectivity index (χ3n) is 5.17. The van der Waals surface area contributed by atoms with Crippen LogP contribution in [0.25, 0.3) is 5.69 Å². The average molecular weight is 407 g/mol. The van der Waals surface area contributed by atoms with Crippen LogP contribution in [0.4, 0.5) is 10.1 Å². The lowest BCUT2D eigenvalue weighted by Crippen LogP contribution is -2.32. The number of halogens is 1. The molecule has 0 saturated heterocycles. The fourth-order valence-electron chi connectivity index (χ4n) is 3.59. The maximum absolute atomic E-state index is 13.2. The molecule has 1 aromatic heterocycles. The Balaban J connectivity index is 1.49. The number of amides is 1. The van der Waals surface area contributed by atoms with Crippen LogP contribution in [-0.2, 0) is 17.6 Å². The van der Waals surface area contributed by atoms with Crippen LogP contribution in [0.3, 0.4) is 0 Å². The second kappa shape index (κ2) is 8.49. The largest absolute Gasteiger partial charge is 0.463 e. The zero-order valence-corrected chi connectivity index (χ0v) is 16.6. The Kier molecular flexibility index (Phi) is 5.61. The molecule has 0 fully saturated rings. The van der Waals surface area contributed by atoms with Crippen LogP contribution in [0.5, 0.6) is 5.88 Å². The molecule has 6 nitrogen and oxygen atoms in total. The van der Waals surface area contributed by atoms with Gasteiger partial charge in [0.25, 0.3) is 11.5 Å². The monoisotopic (exact) mass is 407 g/mol. The van der Waals surface area contributed by atoms with Crippen molar-refractivity contribution in [2.45, 2.75) is 38.7 Å². The second-order valence-electron chi connectivity index (χ2n) is 7.30. The number of rotatable bonds is 5. The van der Waals surface area contributed by atoms with E-state index in [9.17, 15) is 14.0 Å². The van der Waals surface area contributed by atoms with Crippen LogP contribution in [0.2, 0.25) is 0 Å². The Morgan fingerprint density at radius 2 is 1.87 bits per heavy atom. The number of carbonyl (C=O) groups excluding carboxylic acids is 1. The molecule has 0 aliphatic heterocycles. The second-order valence-corrected chi connectivity index (χ2v) is 7.30. The zero-order valence-electron chi connectivity index (χ0n) is 16.6. The van der Waals surface area contributed by atoms with E-state index >= 15 is 0 Å². The number of hydrogen-bond acceptors (Lipinski definition) is 4. The number of anilines is 1. The van der Waals surface area contributed by atoms with Gasteiger partial charge in [-0.3, -0.25) is 9.59 Å². The van der Waals surface area contributed by atoms with Gasteiger partial charge in [-0.25, -0.2) is 4.39 Å². The first-order valence-electron chi connectivity index (χ1n) is 9.96. The van der Waals surface area contributed by atoms with Gasteiger partial charge in [0.05, 0.1) is 5.69 Å². The molecule has 0 spiro atoms. The highest BCUT2D eigenvalue weighted by molar-refractivity contribution is 5.95. The smallest absolute Gasteiger partial charge is 0.271 e. The Hall–Kier alpha value is -3.48. The quantitative estimate of drug-likeness (QED) is 0.701. The molecule has 1 amide bonds. The average Bonchev–Trinajstić information content (AvgIpc) is 2.76. The Bertz CT molecular complexity index is 1130. The van der Waals surface area contributed by atoms with Gasteiger partial charge in [0, 0.05) is 17.8 Å². The number of hydrogen-bond donors (Lipinski definition) is 1. The zero-order chi connectivity index (χ0) is 21.1. The van der Waals surface area contributed by atoms with Crippen LogP contribution in [0, 0.1) is 5.82 Å². The molecule has 4 rings (SSSR count). The van der Waals surface area contributed by atoms with Crippen molar-refractivity contribution in [3.05, 3.63) is 81.9 Å². The van der Waals surface area contributed by atoms with E-state index < -0.39 is 11.9 Å². The number of nitrogens with zero attached hydrogens (tertiary/aromatic N) is 2. The Morgan fingerprint density at radius 3 is 2.67 bits per heavy atom. The van der Waals surface area contributed by atoms with Crippen molar-refractivity contribution in [2.75, 3.05) is 5.32 Å². The van der Waals surface area contributed by atoms with Crippen LogP contribution in [0.15, 0.2) is 59.4 Å². The highest BCUT2D eigenvalue weighted by Gasteiger charge is 2.19. The standard InChI is InChI=1S/C23H22FN3O3/c1-15(23(29)25-20-8-4-6-16-5-2-3-7-19(16)20)30-21-13-14-22(28)27(26-21)18-11-9-17(24)10-12-18/h4,6,8-15H,2-3,5,7H2,1H3,(H,25,29)/t15-/m1/s1. The molecule has 154 valence electrons. The molecule has 1 atom stereocenters. The highest BCUT2D eigenvalue weighted by atomic mass is 19.1. The third kappa shape index (κ3) is 4.25. The molecule has 1 aliphatic carbocycles. The van der Waals surface area contributed by atoms with Gasteiger partial charge in [-0.05, 0) is 74.1 Å². The Morgan fingerprint density at radius 1 is 1.10 bits per heavy atom. The summed E-state index contributed by atoms with van der Waals surface area (Å²) in [4.78, 5) is 24.8. The fourth-order valence-corrected chi connectivity index (χ4v) is 3.59.